The highest BCUT2D eigenvalue weighted by Gasteiger charge is 2.17. The Balaban J connectivity index is 1.51. The number of hydrogen-bond acceptors (Lipinski definition) is 7. The Bertz CT molecular complexity index is 1500. The van der Waals surface area contributed by atoms with Gasteiger partial charge in [0.1, 0.15) is 17.0 Å². The highest BCUT2D eigenvalue weighted by molar-refractivity contribution is 6.02. The summed E-state index contributed by atoms with van der Waals surface area (Å²) in [7, 11) is 0. The van der Waals surface area contributed by atoms with Crippen LogP contribution in [0.1, 0.15) is 17.5 Å². The van der Waals surface area contributed by atoms with E-state index in [1.54, 1.807) is 24.5 Å². The van der Waals surface area contributed by atoms with Crippen molar-refractivity contribution in [3.05, 3.63) is 70.0 Å². The number of benzene rings is 2. The minimum Gasteiger partial charge on any atom is -0.464 e. The van der Waals surface area contributed by atoms with Crippen molar-refractivity contribution >= 4 is 33.8 Å². The van der Waals surface area contributed by atoms with Gasteiger partial charge in [0.05, 0.1) is 6.26 Å². The van der Waals surface area contributed by atoms with E-state index in [4.69, 9.17) is 8.83 Å². The first kappa shape index (κ1) is 19.6. The summed E-state index contributed by atoms with van der Waals surface area (Å²) in [4.78, 5) is 24.7. The average Bonchev–Trinajstić information content (AvgIpc) is 3.42. The quantitative estimate of drug-likeness (QED) is 0.404. The number of nitrogens with zero attached hydrogens (tertiary/aromatic N) is 3. The molecule has 2 aromatic carbocycles. The van der Waals surface area contributed by atoms with Crippen molar-refractivity contribution in [3.8, 4) is 11.1 Å². The first-order valence-corrected chi connectivity index (χ1v) is 9.76. The third kappa shape index (κ3) is 3.51. The summed E-state index contributed by atoms with van der Waals surface area (Å²) in [5.74, 6) is -0.611. The fraction of sp³-hybridized carbons (Fsp3) is 0.136. The highest BCUT2D eigenvalue weighted by Crippen LogP contribution is 2.34. The number of rotatable bonds is 5. The Labute approximate surface area is 179 Å². The van der Waals surface area contributed by atoms with Crippen LogP contribution in [0.5, 0.6) is 0 Å². The number of aryl methyl sites for hydroxylation is 1. The SMILES string of the molecule is Cc1c(CCC(=O)Nc2nn[nH]n2)c(=O)oc2cc3occ(-c4ccc(F)cc4)c3cc12. The molecule has 5 rings (SSSR count). The molecule has 0 radical (unpaired) electrons. The Morgan fingerprint density at radius 1 is 1.16 bits per heavy atom. The number of anilines is 1. The van der Waals surface area contributed by atoms with Gasteiger partial charge in [-0.25, -0.2) is 9.18 Å². The minimum atomic E-state index is -0.507. The van der Waals surface area contributed by atoms with Gasteiger partial charge in [-0.2, -0.15) is 5.21 Å². The van der Waals surface area contributed by atoms with Crippen molar-refractivity contribution in [2.75, 3.05) is 5.32 Å². The van der Waals surface area contributed by atoms with Gasteiger partial charge in [0.15, 0.2) is 0 Å². The number of aromatic amines is 1. The lowest BCUT2D eigenvalue weighted by Gasteiger charge is -2.08. The van der Waals surface area contributed by atoms with Crippen LogP contribution < -0.4 is 10.9 Å². The van der Waals surface area contributed by atoms with Crippen LogP contribution in [0.15, 0.2) is 56.3 Å². The topological polar surface area (TPSA) is 127 Å². The van der Waals surface area contributed by atoms with Gasteiger partial charge in [0, 0.05) is 34.4 Å². The molecule has 5 aromatic rings. The second-order valence-corrected chi connectivity index (χ2v) is 7.28. The van der Waals surface area contributed by atoms with E-state index >= 15 is 0 Å². The van der Waals surface area contributed by atoms with Gasteiger partial charge < -0.3 is 8.83 Å². The van der Waals surface area contributed by atoms with Crippen LogP contribution in [0.3, 0.4) is 0 Å². The molecule has 0 aliphatic heterocycles. The van der Waals surface area contributed by atoms with E-state index in [2.05, 4.69) is 25.9 Å². The van der Waals surface area contributed by atoms with E-state index in [0.717, 1.165) is 27.5 Å². The molecule has 0 fully saturated rings. The molecular formula is C22H16FN5O4. The van der Waals surface area contributed by atoms with Crippen molar-refractivity contribution in [3.63, 3.8) is 0 Å². The fourth-order valence-electron chi connectivity index (χ4n) is 3.69. The second kappa shape index (κ2) is 7.73. The van der Waals surface area contributed by atoms with Crippen LogP contribution in [0.2, 0.25) is 0 Å². The number of amides is 1. The zero-order valence-corrected chi connectivity index (χ0v) is 16.8. The molecule has 32 heavy (non-hydrogen) atoms. The second-order valence-electron chi connectivity index (χ2n) is 7.28. The van der Waals surface area contributed by atoms with Crippen LogP contribution in [-0.4, -0.2) is 26.5 Å². The number of carbonyl (C=O) groups is 1. The van der Waals surface area contributed by atoms with Gasteiger partial charge in [0.2, 0.25) is 5.91 Å². The summed E-state index contributed by atoms with van der Waals surface area (Å²) >= 11 is 0. The smallest absolute Gasteiger partial charge is 0.339 e. The number of hydrogen-bond donors (Lipinski definition) is 2. The van der Waals surface area contributed by atoms with Crippen molar-refractivity contribution < 1.29 is 18.0 Å². The third-order valence-corrected chi connectivity index (χ3v) is 5.34. The zero-order chi connectivity index (χ0) is 22.2. The Hall–Kier alpha value is -4.34. The lowest BCUT2D eigenvalue weighted by molar-refractivity contribution is -0.116. The lowest BCUT2D eigenvalue weighted by Crippen LogP contribution is -2.17. The molecule has 0 atom stereocenters. The van der Waals surface area contributed by atoms with Crippen LogP contribution in [0.4, 0.5) is 10.3 Å². The summed E-state index contributed by atoms with van der Waals surface area (Å²) in [6.07, 6.45) is 1.82. The number of tetrazole rings is 1. The van der Waals surface area contributed by atoms with E-state index in [9.17, 15) is 14.0 Å². The molecular weight excluding hydrogens is 417 g/mol. The molecule has 0 spiro atoms. The summed E-state index contributed by atoms with van der Waals surface area (Å²) in [6.45, 7) is 1.81. The molecule has 0 aliphatic rings. The molecule has 160 valence electrons. The largest absolute Gasteiger partial charge is 0.464 e. The maximum Gasteiger partial charge on any atom is 0.339 e. The Kier molecular flexibility index (Phi) is 4.74. The number of fused-ring (bicyclic) bond motifs is 2. The van der Waals surface area contributed by atoms with Gasteiger partial charge in [-0.3, -0.25) is 10.1 Å². The normalized spacial score (nSPS) is 11.3. The van der Waals surface area contributed by atoms with E-state index in [1.807, 2.05) is 13.0 Å². The fourth-order valence-corrected chi connectivity index (χ4v) is 3.69. The summed E-state index contributed by atoms with van der Waals surface area (Å²) in [5, 5.41) is 17.0. The van der Waals surface area contributed by atoms with E-state index < -0.39 is 5.63 Å². The van der Waals surface area contributed by atoms with E-state index in [0.29, 0.717) is 16.7 Å². The predicted molar refractivity (Wildman–Crippen MR) is 114 cm³/mol. The number of halogens is 1. The molecule has 3 heterocycles. The summed E-state index contributed by atoms with van der Waals surface area (Å²) in [6, 6.07) is 9.67. The van der Waals surface area contributed by atoms with Crippen molar-refractivity contribution in [2.45, 2.75) is 19.8 Å². The third-order valence-electron chi connectivity index (χ3n) is 5.34. The summed E-state index contributed by atoms with van der Waals surface area (Å²) in [5.41, 5.74) is 3.16. The maximum atomic E-state index is 13.3. The van der Waals surface area contributed by atoms with Crippen LogP contribution in [0.25, 0.3) is 33.1 Å². The van der Waals surface area contributed by atoms with Crippen LogP contribution in [0, 0.1) is 12.7 Å². The molecule has 0 aliphatic carbocycles. The molecule has 9 nitrogen and oxygen atoms in total. The van der Waals surface area contributed by atoms with Gasteiger partial charge in [0.25, 0.3) is 5.95 Å². The summed E-state index contributed by atoms with van der Waals surface area (Å²) < 4.78 is 24.5. The number of H-pyrrole nitrogens is 1. The molecule has 1 amide bonds. The van der Waals surface area contributed by atoms with Gasteiger partial charge in [-0.1, -0.05) is 17.2 Å². The number of furan rings is 1. The molecule has 10 heteroatoms. The average molecular weight is 433 g/mol. The van der Waals surface area contributed by atoms with Gasteiger partial charge >= 0.3 is 5.63 Å². The van der Waals surface area contributed by atoms with E-state index in [-0.39, 0.29) is 30.5 Å². The number of nitrogens with one attached hydrogen (secondary N) is 2. The Morgan fingerprint density at radius 3 is 2.72 bits per heavy atom. The number of aromatic nitrogens is 4. The maximum absolute atomic E-state index is 13.3. The minimum absolute atomic E-state index is 0.0421. The molecule has 0 saturated heterocycles. The predicted octanol–water partition coefficient (Wildman–Crippen LogP) is 3.74. The molecule has 0 bridgehead atoms. The van der Waals surface area contributed by atoms with Gasteiger partial charge in [-0.05, 0) is 47.9 Å². The van der Waals surface area contributed by atoms with E-state index in [1.165, 1.54) is 12.1 Å². The molecule has 3 aromatic heterocycles. The first-order chi connectivity index (χ1) is 15.5. The first-order valence-electron chi connectivity index (χ1n) is 9.76. The molecule has 0 unspecified atom stereocenters. The highest BCUT2D eigenvalue weighted by atomic mass is 19.1. The number of carbonyl (C=O) groups excluding carboxylic acids is 1. The zero-order valence-electron chi connectivity index (χ0n) is 16.8. The van der Waals surface area contributed by atoms with Crippen molar-refractivity contribution in [1.82, 2.24) is 20.6 Å². The monoisotopic (exact) mass is 433 g/mol. The van der Waals surface area contributed by atoms with Crippen LogP contribution in [-0.2, 0) is 11.2 Å². The molecule has 2 N–H and O–H groups in total. The Morgan fingerprint density at radius 2 is 1.97 bits per heavy atom. The van der Waals surface area contributed by atoms with Crippen molar-refractivity contribution in [2.24, 2.45) is 0 Å². The lowest BCUT2D eigenvalue weighted by atomic mass is 9.99. The standard InChI is InChI=1S/C22H16FN5O4/c1-11-14(6-7-20(29)24-22-25-27-28-26-22)21(30)32-19-9-18-16(8-15(11)19)17(10-31-18)12-2-4-13(23)5-3-12/h2-5,8-10H,6-7H2,1H3,(H2,24,25,26,27,28,29). The molecule has 0 saturated carbocycles. The van der Waals surface area contributed by atoms with Crippen LogP contribution >= 0.6 is 0 Å². The van der Waals surface area contributed by atoms with Gasteiger partial charge in [-0.15, -0.1) is 5.10 Å². The van der Waals surface area contributed by atoms with Crippen molar-refractivity contribution in [1.29, 1.82) is 0 Å².